The number of methoxy groups -OCH3 is 1. The molecular formula is C17H16N2O2. The zero-order valence-electron chi connectivity index (χ0n) is 11.9. The van der Waals surface area contributed by atoms with E-state index >= 15 is 0 Å². The first kappa shape index (κ1) is 13.2. The lowest BCUT2D eigenvalue weighted by Gasteiger charge is -2.10. The van der Waals surface area contributed by atoms with Crippen LogP contribution in [0.25, 0.3) is 10.9 Å². The number of aryl methyl sites for hydroxylation is 1. The van der Waals surface area contributed by atoms with E-state index in [2.05, 4.69) is 10.3 Å². The molecule has 1 aromatic heterocycles. The van der Waals surface area contributed by atoms with Crippen molar-refractivity contribution in [1.29, 1.82) is 0 Å². The van der Waals surface area contributed by atoms with E-state index in [4.69, 9.17) is 4.74 Å². The molecule has 21 heavy (non-hydrogen) atoms. The number of aromatic amines is 1. The number of aromatic nitrogens is 1. The molecule has 3 aromatic rings. The van der Waals surface area contributed by atoms with Gasteiger partial charge in [-0.15, -0.1) is 0 Å². The van der Waals surface area contributed by atoms with Gasteiger partial charge in [0.05, 0.1) is 18.4 Å². The van der Waals surface area contributed by atoms with Crippen molar-refractivity contribution in [2.24, 2.45) is 0 Å². The molecule has 4 heteroatoms. The maximum absolute atomic E-state index is 12.5. The molecule has 2 N–H and O–H groups in total. The molecule has 1 amide bonds. The van der Waals surface area contributed by atoms with Gasteiger partial charge < -0.3 is 15.0 Å². The van der Waals surface area contributed by atoms with Gasteiger partial charge in [-0.3, -0.25) is 4.79 Å². The Labute approximate surface area is 122 Å². The first-order valence-electron chi connectivity index (χ1n) is 6.71. The second kappa shape index (κ2) is 5.32. The van der Waals surface area contributed by atoms with Gasteiger partial charge in [0, 0.05) is 17.1 Å². The zero-order valence-corrected chi connectivity index (χ0v) is 11.9. The normalized spacial score (nSPS) is 10.6. The first-order valence-corrected chi connectivity index (χ1v) is 6.71. The van der Waals surface area contributed by atoms with Gasteiger partial charge in [0.2, 0.25) is 0 Å². The number of H-pyrrole nitrogens is 1. The molecule has 106 valence electrons. The Kier molecular flexibility index (Phi) is 3.36. The van der Waals surface area contributed by atoms with Crippen molar-refractivity contribution in [3.8, 4) is 5.75 Å². The molecule has 0 saturated heterocycles. The van der Waals surface area contributed by atoms with Gasteiger partial charge in [-0.2, -0.15) is 0 Å². The van der Waals surface area contributed by atoms with Gasteiger partial charge in [0.1, 0.15) is 5.75 Å². The van der Waals surface area contributed by atoms with E-state index < -0.39 is 0 Å². The Balaban J connectivity index is 1.93. The van der Waals surface area contributed by atoms with Gasteiger partial charge >= 0.3 is 0 Å². The predicted molar refractivity (Wildman–Crippen MR) is 84.0 cm³/mol. The van der Waals surface area contributed by atoms with E-state index in [0.717, 1.165) is 16.5 Å². The van der Waals surface area contributed by atoms with E-state index in [1.165, 1.54) is 0 Å². The van der Waals surface area contributed by atoms with Crippen LogP contribution in [0.1, 0.15) is 15.9 Å². The van der Waals surface area contributed by atoms with Gasteiger partial charge in [-0.05, 0) is 30.7 Å². The highest BCUT2D eigenvalue weighted by Gasteiger charge is 2.13. The van der Waals surface area contributed by atoms with Crippen LogP contribution in [0.3, 0.4) is 0 Å². The number of carbonyl (C=O) groups excluding carboxylic acids is 1. The highest BCUT2D eigenvalue weighted by Crippen LogP contribution is 2.26. The lowest BCUT2D eigenvalue weighted by atomic mass is 10.1. The lowest BCUT2D eigenvalue weighted by molar-refractivity contribution is 0.102. The van der Waals surface area contributed by atoms with E-state index in [0.29, 0.717) is 17.0 Å². The Morgan fingerprint density at radius 1 is 1.19 bits per heavy atom. The topological polar surface area (TPSA) is 54.1 Å². The van der Waals surface area contributed by atoms with Gasteiger partial charge in [-0.25, -0.2) is 0 Å². The van der Waals surface area contributed by atoms with E-state index in [1.807, 2.05) is 49.4 Å². The fraction of sp³-hybridized carbons (Fsp3) is 0.118. The summed E-state index contributed by atoms with van der Waals surface area (Å²) in [6.45, 7) is 1.98. The van der Waals surface area contributed by atoms with Crippen molar-refractivity contribution in [2.75, 3.05) is 12.4 Å². The molecule has 0 spiro atoms. The summed E-state index contributed by atoms with van der Waals surface area (Å²) < 4.78 is 5.31. The Hall–Kier alpha value is -2.75. The largest absolute Gasteiger partial charge is 0.495 e. The average molecular weight is 280 g/mol. The molecule has 0 saturated carbocycles. The summed E-state index contributed by atoms with van der Waals surface area (Å²) in [5.74, 6) is 0.498. The molecule has 0 aliphatic carbocycles. The molecule has 0 unspecified atom stereocenters. The molecule has 4 nitrogen and oxygen atoms in total. The number of amides is 1. The third-order valence-corrected chi connectivity index (χ3v) is 3.44. The number of benzene rings is 2. The molecule has 0 radical (unpaired) electrons. The molecule has 0 atom stereocenters. The molecule has 2 aromatic carbocycles. The number of hydrogen-bond donors (Lipinski definition) is 2. The summed E-state index contributed by atoms with van der Waals surface area (Å²) in [6.07, 6.45) is 1.72. The Morgan fingerprint density at radius 2 is 2.00 bits per heavy atom. The minimum absolute atomic E-state index is 0.158. The predicted octanol–water partition coefficient (Wildman–Crippen LogP) is 3.74. The second-order valence-electron chi connectivity index (χ2n) is 4.91. The van der Waals surface area contributed by atoms with Gasteiger partial charge in [0.25, 0.3) is 5.91 Å². The third-order valence-electron chi connectivity index (χ3n) is 3.44. The molecule has 0 fully saturated rings. The lowest BCUT2D eigenvalue weighted by Crippen LogP contribution is -2.12. The molecule has 0 aliphatic heterocycles. The number of rotatable bonds is 3. The maximum atomic E-state index is 12.5. The SMILES string of the molecule is COc1cc(C)ccc1NC(=O)c1c[nH]c2ccccc12. The van der Waals surface area contributed by atoms with Crippen molar-refractivity contribution in [2.45, 2.75) is 6.92 Å². The van der Waals surface area contributed by atoms with Crippen LogP contribution in [0.2, 0.25) is 0 Å². The number of carbonyl (C=O) groups is 1. The fourth-order valence-corrected chi connectivity index (χ4v) is 2.35. The van der Waals surface area contributed by atoms with Crippen LogP contribution in [0.15, 0.2) is 48.7 Å². The third kappa shape index (κ3) is 2.48. The van der Waals surface area contributed by atoms with Crippen LogP contribution in [0, 0.1) is 6.92 Å². The van der Waals surface area contributed by atoms with Crippen molar-refractivity contribution in [3.05, 3.63) is 59.8 Å². The minimum Gasteiger partial charge on any atom is -0.495 e. The molecule has 0 bridgehead atoms. The highest BCUT2D eigenvalue weighted by atomic mass is 16.5. The quantitative estimate of drug-likeness (QED) is 0.768. The summed E-state index contributed by atoms with van der Waals surface area (Å²) in [7, 11) is 1.59. The Morgan fingerprint density at radius 3 is 2.81 bits per heavy atom. The van der Waals surface area contributed by atoms with E-state index in [9.17, 15) is 4.79 Å². The second-order valence-corrected chi connectivity index (χ2v) is 4.91. The number of anilines is 1. The molecule has 1 heterocycles. The number of ether oxygens (including phenoxy) is 1. The van der Waals surface area contributed by atoms with E-state index in [1.54, 1.807) is 13.3 Å². The van der Waals surface area contributed by atoms with Crippen molar-refractivity contribution in [3.63, 3.8) is 0 Å². The monoisotopic (exact) mass is 280 g/mol. The van der Waals surface area contributed by atoms with Crippen molar-refractivity contribution < 1.29 is 9.53 Å². The van der Waals surface area contributed by atoms with E-state index in [-0.39, 0.29) is 5.91 Å². The van der Waals surface area contributed by atoms with Crippen molar-refractivity contribution in [1.82, 2.24) is 4.98 Å². The van der Waals surface area contributed by atoms with Crippen LogP contribution in [0.4, 0.5) is 5.69 Å². The zero-order chi connectivity index (χ0) is 14.8. The fourth-order valence-electron chi connectivity index (χ4n) is 2.35. The number of para-hydroxylation sites is 1. The molecular weight excluding hydrogens is 264 g/mol. The van der Waals surface area contributed by atoms with Crippen LogP contribution in [-0.2, 0) is 0 Å². The summed E-state index contributed by atoms with van der Waals surface area (Å²) >= 11 is 0. The maximum Gasteiger partial charge on any atom is 0.257 e. The first-order chi connectivity index (χ1) is 10.2. The average Bonchev–Trinajstić information content (AvgIpc) is 2.93. The highest BCUT2D eigenvalue weighted by molar-refractivity contribution is 6.13. The Bertz CT molecular complexity index is 805. The van der Waals surface area contributed by atoms with Crippen molar-refractivity contribution >= 4 is 22.5 Å². The summed E-state index contributed by atoms with van der Waals surface area (Å²) in [6, 6.07) is 13.4. The standard InChI is InChI=1S/C17H16N2O2/c1-11-7-8-15(16(9-11)21-2)19-17(20)13-10-18-14-6-4-3-5-12(13)14/h3-10,18H,1-2H3,(H,19,20). The van der Waals surface area contributed by atoms with Crippen LogP contribution in [0.5, 0.6) is 5.75 Å². The number of nitrogens with one attached hydrogen (secondary N) is 2. The summed E-state index contributed by atoms with van der Waals surface area (Å²) in [4.78, 5) is 15.6. The van der Waals surface area contributed by atoms with Crippen LogP contribution >= 0.6 is 0 Å². The van der Waals surface area contributed by atoms with Gasteiger partial charge in [-0.1, -0.05) is 24.3 Å². The molecule has 3 rings (SSSR count). The summed E-state index contributed by atoms with van der Waals surface area (Å²) in [5, 5.41) is 3.80. The van der Waals surface area contributed by atoms with Crippen LogP contribution in [-0.4, -0.2) is 18.0 Å². The van der Waals surface area contributed by atoms with Gasteiger partial charge in [0.15, 0.2) is 0 Å². The summed E-state index contributed by atoms with van der Waals surface area (Å²) in [5.41, 5.74) is 3.31. The molecule has 0 aliphatic rings. The minimum atomic E-state index is -0.158. The number of fused-ring (bicyclic) bond motifs is 1. The van der Waals surface area contributed by atoms with Crippen LogP contribution < -0.4 is 10.1 Å². The smallest absolute Gasteiger partial charge is 0.257 e. The number of hydrogen-bond acceptors (Lipinski definition) is 2.